The molecule has 0 spiro atoms. The van der Waals surface area contributed by atoms with Gasteiger partial charge in [-0.25, -0.2) is 0 Å². The number of aromatic nitrogens is 2. The zero-order chi connectivity index (χ0) is 19.3. The Balaban J connectivity index is 1.37. The monoisotopic (exact) mass is 372 g/mol. The summed E-state index contributed by atoms with van der Waals surface area (Å²) in [6.45, 7) is 0.690. The second-order valence-corrected chi connectivity index (χ2v) is 6.92. The molecule has 28 heavy (non-hydrogen) atoms. The van der Waals surface area contributed by atoms with E-state index in [0.29, 0.717) is 6.54 Å². The van der Waals surface area contributed by atoms with Gasteiger partial charge in [0.25, 0.3) is 0 Å². The predicted octanol–water partition coefficient (Wildman–Crippen LogP) is 4.22. The van der Waals surface area contributed by atoms with Crippen LogP contribution in [0.1, 0.15) is 5.56 Å². The van der Waals surface area contributed by atoms with Crippen LogP contribution in [0.25, 0.3) is 22.0 Å². The minimum absolute atomic E-state index is 0.0216. The van der Waals surface area contributed by atoms with Gasteiger partial charge < -0.3 is 20.8 Å². The van der Waals surface area contributed by atoms with E-state index in [1.807, 2.05) is 36.7 Å². The van der Waals surface area contributed by atoms with E-state index in [9.17, 15) is 0 Å². The van der Waals surface area contributed by atoms with Crippen LogP contribution < -0.4 is 15.8 Å². The van der Waals surface area contributed by atoms with E-state index >= 15 is 0 Å². The van der Waals surface area contributed by atoms with Crippen LogP contribution in [0.2, 0.25) is 0 Å². The first-order chi connectivity index (χ1) is 13.7. The topological polar surface area (TPSA) is 76.0 Å². The average molecular weight is 372 g/mol. The highest BCUT2D eigenvalue weighted by Gasteiger charge is 2.07. The number of fused-ring (bicyclic) bond motifs is 1. The van der Waals surface area contributed by atoms with Crippen molar-refractivity contribution in [1.82, 2.24) is 9.97 Å². The average Bonchev–Trinajstić information content (AvgIpc) is 3.21. The smallest absolute Gasteiger partial charge is 0.118 e. The normalized spacial score (nSPS) is 12.1. The van der Waals surface area contributed by atoms with Crippen LogP contribution >= 0.6 is 0 Å². The van der Waals surface area contributed by atoms with Crippen LogP contribution in [0, 0.1) is 0 Å². The molecule has 0 aliphatic carbocycles. The van der Waals surface area contributed by atoms with Gasteiger partial charge in [-0.15, -0.1) is 0 Å². The van der Waals surface area contributed by atoms with Crippen molar-refractivity contribution >= 4 is 16.6 Å². The van der Waals surface area contributed by atoms with Crippen molar-refractivity contribution in [3.05, 3.63) is 78.6 Å². The van der Waals surface area contributed by atoms with Crippen LogP contribution in [0.5, 0.6) is 5.75 Å². The van der Waals surface area contributed by atoms with Crippen molar-refractivity contribution in [2.75, 3.05) is 19.0 Å². The molecule has 0 aliphatic heterocycles. The van der Waals surface area contributed by atoms with Crippen molar-refractivity contribution in [1.29, 1.82) is 0 Å². The lowest BCUT2D eigenvalue weighted by atomic mass is 10.1. The number of nitrogens with zero attached hydrogens (tertiary/aromatic N) is 1. The van der Waals surface area contributed by atoms with Gasteiger partial charge in [-0.2, -0.15) is 0 Å². The zero-order valence-corrected chi connectivity index (χ0v) is 15.9. The fraction of sp³-hybridized carbons (Fsp3) is 0.174. The van der Waals surface area contributed by atoms with Gasteiger partial charge in [-0.05, 0) is 59.3 Å². The minimum Gasteiger partial charge on any atom is -0.497 e. The van der Waals surface area contributed by atoms with Crippen LogP contribution in [0.15, 0.2) is 73.1 Å². The molecule has 0 saturated carbocycles. The maximum atomic E-state index is 6.29. The number of nitrogens with two attached hydrogens (primary N) is 1. The molecule has 0 radical (unpaired) electrons. The molecule has 0 unspecified atom stereocenters. The summed E-state index contributed by atoms with van der Waals surface area (Å²) in [5.74, 6) is 1.83. The van der Waals surface area contributed by atoms with Gasteiger partial charge in [0.1, 0.15) is 11.6 Å². The summed E-state index contributed by atoms with van der Waals surface area (Å²) in [5, 5.41) is 5.72. The van der Waals surface area contributed by atoms with Gasteiger partial charge in [0.15, 0.2) is 0 Å². The number of benzene rings is 2. The number of pyridine rings is 1. The second kappa shape index (κ2) is 8.15. The second-order valence-electron chi connectivity index (χ2n) is 6.92. The number of aromatic amines is 1. The first-order valence-electron chi connectivity index (χ1n) is 9.37. The maximum Gasteiger partial charge on any atom is 0.118 e. The lowest BCUT2D eigenvalue weighted by Crippen LogP contribution is -2.31. The Bertz CT molecular complexity index is 1060. The summed E-state index contributed by atoms with van der Waals surface area (Å²) >= 11 is 0. The van der Waals surface area contributed by atoms with Crippen molar-refractivity contribution in [2.24, 2.45) is 5.73 Å². The number of hydrogen-bond donors (Lipinski definition) is 3. The summed E-state index contributed by atoms with van der Waals surface area (Å²) in [6, 6.07) is 20.6. The lowest BCUT2D eigenvalue weighted by Gasteiger charge is -2.13. The molecule has 2 aromatic heterocycles. The van der Waals surface area contributed by atoms with Gasteiger partial charge >= 0.3 is 0 Å². The first kappa shape index (κ1) is 18.1. The highest BCUT2D eigenvalue weighted by Crippen LogP contribution is 2.24. The number of nitrogens with one attached hydrogen (secondary N) is 2. The summed E-state index contributed by atoms with van der Waals surface area (Å²) < 4.78 is 5.19. The van der Waals surface area contributed by atoms with Gasteiger partial charge in [-0.3, -0.25) is 4.98 Å². The molecule has 2 heterocycles. The fourth-order valence-electron chi connectivity index (χ4n) is 3.30. The largest absolute Gasteiger partial charge is 0.497 e. The Kier molecular flexibility index (Phi) is 5.26. The van der Waals surface area contributed by atoms with Gasteiger partial charge in [0.2, 0.25) is 0 Å². The molecule has 1 atom stereocenters. The molecule has 0 saturated heterocycles. The number of ether oxygens (including phenoxy) is 1. The highest BCUT2D eigenvalue weighted by molar-refractivity contribution is 5.86. The molecule has 0 fully saturated rings. The Labute approximate surface area is 164 Å². The van der Waals surface area contributed by atoms with Crippen molar-refractivity contribution in [2.45, 2.75) is 12.5 Å². The zero-order valence-electron chi connectivity index (χ0n) is 15.9. The Morgan fingerprint density at radius 2 is 1.89 bits per heavy atom. The molecule has 142 valence electrons. The summed E-state index contributed by atoms with van der Waals surface area (Å²) in [5.41, 5.74) is 9.71. The summed E-state index contributed by atoms with van der Waals surface area (Å²) in [6.07, 6.45) is 4.51. The molecule has 0 amide bonds. The van der Waals surface area contributed by atoms with Gasteiger partial charge in [0, 0.05) is 36.1 Å². The van der Waals surface area contributed by atoms with Gasteiger partial charge in [-0.1, -0.05) is 24.3 Å². The third-order valence-electron chi connectivity index (χ3n) is 4.85. The van der Waals surface area contributed by atoms with Crippen LogP contribution in [0.3, 0.4) is 0 Å². The highest BCUT2D eigenvalue weighted by atomic mass is 16.5. The Morgan fingerprint density at radius 3 is 2.71 bits per heavy atom. The standard InChI is InChI=1S/C23H24N4O/c1-28-21-6-2-16(3-7-21)12-20(24)15-26-23-9-8-22(27-23)18-4-5-19-14-25-11-10-17(19)13-18/h2-11,13-14,20,26-27H,12,15,24H2,1H3/t20-/m0/s1. The minimum atomic E-state index is 0.0216. The third-order valence-corrected chi connectivity index (χ3v) is 4.85. The predicted molar refractivity (Wildman–Crippen MR) is 115 cm³/mol. The van der Waals surface area contributed by atoms with E-state index in [0.717, 1.165) is 34.6 Å². The van der Waals surface area contributed by atoms with Crippen LogP contribution in [-0.4, -0.2) is 29.7 Å². The Morgan fingerprint density at radius 1 is 1.04 bits per heavy atom. The molecule has 4 N–H and O–H groups in total. The van der Waals surface area contributed by atoms with Crippen molar-refractivity contribution in [3.8, 4) is 17.0 Å². The molecule has 0 aliphatic rings. The molecular formula is C23H24N4O. The van der Waals surface area contributed by atoms with E-state index in [1.165, 1.54) is 10.9 Å². The van der Waals surface area contributed by atoms with E-state index in [1.54, 1.807) is 7.11 Å². The number of methoxy groups -OCH3 is 1. The maximum absolute atomic E-state index is 6.29. The molecule has 5 nitrogen and oxygen atoms in total. The number of rotatable bonds is 7. The fourth-order valence-corrected chi connectivity index (χ4v) is 3.30. The van der Waals surface area contributed by atoms with E-state index in [-0.39, 0.29) is 6.04 Å². The van der Waals surface area contributed by atoms with Crippen LogP contribution in [0.4, 0.5) is 5.82 Å². The number of hydrogen-bond acceptors (Lipinski definition) is 4. The van der Waals surface area contributed by atoms with Crippen LogP contribution in [-0.2, 0) is 6.42 Å². The quantitative estimate of drug-likeness (QED) is 0.454. The van der Waals surface area contributed by atoms with Crippen molar-refractivity contribution < 1.29 is 4.74 Å². The molecular weight excluding hydrogens is 348 g/mol. The molecule has 0 bridgehead atoms. The lowest BCUT2D eigenvalue weighted by molar-refractivity contribution is 0.414. The Hall–Kier alpha value is -3.31. The van der Waals surface area contributed by atoms with E-state index in [2.05, 4.69) is 51.7 Å². The number of anilines is 1. The third kappa shape index (κ3) is 4.15. The number of H-pyrrole nitrogens is 1. The van der Waals surface area contributed by atoms with E-state index in [4.69, 9.17) is 10.5 Å². The molecule has 4 aromatic rings. The summed E-state index contributed by atoms with van der Waals surface area (Å²) in [7, 11) is 1.67. The van der Waals surface area contributed by atoms with E-state index < -0.39 is 0 Å². The molecule has 4 rings (SSSR count). The van der Waals surface area contributed by atoms with Gasteiger partial charge in [0.05, 0.1) is 7.11 Å². The molecule has 5 heteroatoms. The van der Waals surface area contributed by atoms with Crippen molar-refractivity contribution in [3.63, 3.8) is 0 Å². The first-order valence-corrected chi connectivity index (χ1v) is 9.37. The summed E-state index contributed by atoms with van der Waals surface area (Å²) in [4.78, 5) is 7.59. The SMILES string of the molecule is COc1ccc(C[C@H](N)CNc2ccc(-c3ccc4cnccc4c3)[nH]2)cc1. The molecule has 2 aromatic carbocycles.